The van der Waals surface area contributed by atoms with Crippen molar-refractivity contribution in [2.45, 2.75) is 6.42 Å². The van der Waals surface area contributed by atoms with Crippen molar-refractivity contribution < 1.29 is 9.90 Å². The van der Waals surface area contributed by atoms with Crippen molar-refractivity contribution in [1.29, 1.82) is 0 Å². The van der Waals surface area contributed by atoms with Gasteiger partial charge in [-0.15, -0.1) is 0 Å². The third-order valence-electron chi connectivity index (χ3n) is 2.39. The summed E-state index contributed by atoms with van der Waals surface area (Å²) in [6.45, 7) is 0. The number of hydrogen-bond donors (Lipinski definition) is 2. The number of carbonyl (C=O) groups excluding carboxylic acids is 1. The summed E-state index contributed by atoms with van der Waals surface area (Å²) in [5, 5.41) is 12.9. The molecule has 0 spiro atoms. The highest BCUT2D eigenvalue weighted by atomic mass is 35.5. The van der Waals surface area contributed by atoms with Crippen LogP contribution in [0.25, 0.3) is 0 Å². The van der Waals surface area contributed by atoms with Gasteiger partial charge in [-0.3, -0.25) is 4.79 Å². The van der Waals surface area contributed by atoms with Crippen LogP contribution in [-0.2, 0) is 11.2 Å². The highest BCUT2D eigenvalue weighted by Crippen LogP contribution is 2.24. The number of aromatic hydroxyl groups is 1. The maximum atomic E-state index is 11.9. The Balaban J connectivity index is 2.11. The average molecular weight is 332 g/mol. The molecule has 1 aromatic heterocycles. The van der Waals surface area contributed by atoms with Gasteiger partial charge < -0.3 is 10.4 Å². The monoisotopic (exact) mass is 330 g/mol. The zero-order valence-electron chi connectivity index (χ0n) is 10.0. The van der Waals surface area contributed by atoms with Gasteiger partial charge in [0.1, 0.15) is 5.75 Å². The molecule has 1 amide bonds. The summed E-state index contributed by atoms with van der Waals surface area (Å²) in [4.78, 5) is 15.6. The van der Waals surface area contributed by atoms with Crippen LogP contribution >= 0.6 is 34.8 Å². The fourth-order valence-corrected chi connectivity index (χ4v) is 2.34. The van der Waals surface area contributed by atoms with E-state index >= 15 is 0 Å². The van der Waals surface area contributed by atoms with Gasteiger partial charge in [-0.1, -0.05) is 34.8 Å². The lowest BCUT2D eigenvalue weighted by atomic mass is 10.1. The Kier molecular flexibility index (Phi) is 4.70. The molecule has 0 saturated carbocycles. The summed E-state index contributed by atoms with van der Waals surface area (Å²) in [6, 6.07) is 6.20. The number of carbonyl (C=O) groups is 1. The van der Waals surface area contributed by atoms with Crippen molar-refractivity contribution in [2.75, 3.05) is 5.32 Å². The highest BCUT2D eigenvalue weighted by Gasteiger charge is 2.09. The van der Waals surface area contributed by atoms with Gasteiger partial charge in [0, 0.05) is 16.1 Å². The van der Waals surface area contributed by atoms with Crippen molar-refractivity contribution in [1.82, 2.24) is 4.98 Å². The molecule has 2 N–H and O–H groups in total. The number of anilines is 1. The number of aromatic nitrogens is 1. The lowest BCUT2D eigenvalue weighted by molar-refractivity contribution is -0.115. The van der Waals surface area contributed by atoms with Crippen LogP contribution in [0.5, 0.6) is 5.75 Å². The number of halogens is 3. The van der Waals surface area contributed by atoms with Crippen molar-refractivity contribution in [3.63, 3.8) is 0 Å². The molecule has 104 valence electrons. The van der Waals surface area contributed by atoms with Crippen LogP contribution in [0.1, 0.15) is 5.56 Å². The van der Waals surface area contributed by atoms with Crippen molar-refractivity contribution in [2.24, 2.45) is 0 Å². The molecule has 1 aromatic carbocycles. The average Bonchev–Trinajstić information content (AvgIpc) is 2.32. The molecule has 0 saturated heterocycles. The first-order valence-electron chi connectivity index (χ1n) is 5.53. The Labute approximate surface area is 130 Å². The van der Waals surface area contributed by atoms with Crippen LogP contribution in [0.3, 0.4) is 0 Å². The van der Waals surface area contributed by atoms with Gasteiger partial charge in [-0.25, -0.2) is 4.98 Å². The molecule has 0 fully saturated rings. The molecule has 4 nitrogen and oxygen atoms in total. The van der Waals surface area contributed by atoms with E-state index in [1.54, 1.807) is 18.2 Å². The van der Waals surface area contributed by atoms with E-state index in [4.69, 9.17) is 34.8 Å². The van der Waals surface area contributed by atoms with E-state index in [0.29, 0.717) is 15.6 Å². The fraction of sp³-hybridized carbons (Fsp3) is 0.0769. The van der Waals surface area contributed by atoms with E-state index in [1.807, 2.05) is 0 Å². The number of rotatable bonds is 3. The van der Waals surface area contributed by atoms with Gasteiger partial charge in [0.05, 0.1) is 18.3 Å². The molecule has 7 heteroatoms. The van der Waals surface area contributed by atoms with E-state index < -0.39 is 0 Å². The molecule has 0 atom stereocenters. The third-order valence-corrected chi connectivity index (χ3v) is 3.12. The van der Waals surface area contributed by atoms with Gasteiger partial charge in [0.25, 0.3) is 0 Å². The number of hydrogen-bond acceptors (Lipinski definition) is 3. The molecular weight excluding hydrogens is 323 g/mol. The van der Waals surface area contributed by atoms with Gasteiger partial charge in [0.15, 0.2) is 5.15 Å². The number of pyridine rings is 1. The van der Waals surface area contributed by atoms with Crippen LogP contribution in [0.15, 0.2) is 30.5 Å². The summed E-state index contributed by atoms with van der Waals surface area (Å²) in [5.74, 6) is -0.409. The van der Waals surface area contributed by atoms with Gasteiger partial charge in [-0.05, 0) is 23.8 Å². The molecule has 0 aliphatic rings. The third kappa shape index (κ3) is 4.00. The summed E-state index contributed by atoms with van der Waals surface area (Å²) in [5.41, 5.74) is 0.911. The highest BCUT2D eigenvalue weighted by molar-refractivity contribution is 6.34. The minimum absolute atomic E-state index is 0.0757. The van der Waals surface area contributed by atoms with Crippen LogP contribution in [0.4, 0.5) is 5.69 Å². The first kappa shape index (κ1) is 14.9. The zero-order chi connectivity index (χ0) is 14.7. The number of nitrogens with one attached hydrogen (secondary N) is 1. The van der Waals surface area contributed by atoms with Crippen LogP contribution in [0, 0.1) is 0 Å². The zero-order valence-corrected chi connectivity index (χ0v) is 12.3. The maximum absolute atomic E-state index is 11.9. The van der Waals surface area contributed by atoms with E-state index in [0.717, 1.165) is 0 Å². The Morgan fingerprint density at radius 3 is 2.45 bits per heavy atom. The van der Waals surface area contributed by atoms with Crippen LogP contribution in [-0.4, -0.2) is 16.0 Å². The van der Waals surface area contributed by atoms with Crippen molar-refractivity contribution in [3.05, 3.63) is 51.2 Å². The summed E-state index contributed by atoms with van der Waals surface area (Å²) in [7, 11) is 0. The normalized spacial score (nSPS) is 10.3. The van der Waals surface area contributed by atoms with Crippen molar-refractivity contribution in [3.8, 4) is 5.75 Å². The van der Waals surface area contributed by atoms with Gasteiger partial charge >= 0.3 is 0 Å². The molecule has 0 aliphatic heterocycles. The molecule has 0 aliphatic carbocycles. The minimum Gasteiger partial charge on any atom is -0.506 e. The molecular formula is C13H9Cl3N2O2. The molecule has 20 heavy (non-hydrogen) atoms. The molecule has 0 radical (unpaired) electrons. The lowest BCUT2D eigenvalue weighted by Crippen LogP contribution is -2.15. The molecule has 1 heterocycles. The van der Waals surface area contributed by atoms with Crippen LogP contribution < -0.4 is 5.32 Å². The first-order valence-corrected chi connectivity index (χ1v) is 6.67. The van der Waals surface area contributed by atoms with Gasteiger partial charge in [0.2, 0.25) is 5.91 Å². The fourth-order valence-electron chi connectivity index (χ4n) is 1.62. The molecule has 2 aromatic rings. The van der Waals surface area contributed by atoms with E-state index in [2.05, 4.69) is 10.3 Å². The Morgan fingerprint density at radius 2 is 1.80 bits per heavy atom. The Morgan fingerprint density at radius 1 is 1.15 bits per heavy atom. The predicted molar refractivity (Wildman–Crippen MR) is 79.7 cm³/mol. The predicted octanol–water partition coefficient (Wildman–Crippen LogP) is 3.93. The lowest BCUT2D eigenvalue weighted by Gasteiger charge is -2.07. The van der Waals surface area contributed by atoms with E-state index in [1.165, 1.54) is 12.3 Å². The smallest absolute Gasteiger partial charge is 0.228 e. The summed E-state index contributed by atoms with van der Waals surface area (Å²) >= 11 is 17.5. The Bertz CT molecular complexity index is 642. The number of nitrogens with zero attached hydrogens (tertiary/aromatic N) is 1. The molecule has 2 rings (SSSR count). The summed E-state index contributed by atoms with van der Waals surface area (Å²) in [6.07, 6.45) is 1.26. The second-order valence-corrected chi connectivity index (χ2v) is 5.27. The van der Waals surface area contributed by atoms with Crippen molar-refractivity contribution >= 4 is 46.4 Å². The van der Waals surface area contributed by atoms with E-state index in [-0.39, 0.29) is 28.9 Å². The van der Waals surface area contributed by atoms with Crippen LogP contribution in [0.2, 0.25) is 15.2 Å². The standard InChI is InChI=1S/C13H9Cl3N2O2/c14-8-1-7(2-9(15)4-8)3-12(20)18-11-5-10(19)6-17-13(11)16/h1-2,4-6,19H,3H2,(H,18,20). The molecule has 0 unspecified atom stereocenters. The SMILES string of the molecule is O=C(Cc1cc(Cl)cc(Cl)c1)Nc1cc(O)cnc1Cl. The minimum atomic E-state index is -0.322. The topological polar surface area (TPSA) is 62.2 Å². The number of benzene rings is 1. The van der Waals surface area contributed by atoms with Gasteiger partial charge in [-0.2, -0.15) is 0 Å². The summed E-state index contributed by atoms with van der Waals surface area (Å²) < 4.78 is 0. The first-order chi connectivity index (χ1) is 9.44. The largest absolute Gasteiger partial charge is 0.506 e. The molecule has 0 bridgehead atoms. The Hall–Kier alpha value is -1.49. The second-order valence-electron chi connectivity index (χ2n) is 4.03. The maximum Gasteiger partial charge on any atom is 0.228 e. The second kappa shape index (κ2) is 6.31. The number of amides is 1. The quantitative estimate of drug-likeness (QED) is 0.838. The van der Waals surface area contributed by atoms with E-state index in [9.17, 15) is 9.90 Å².